The summed E-state index contributed by atoms with van der Waals surface area (Å²) in [5.41, 5.74) is 4.40. The molecule has 5 nitrogen and oxygen atoms in total. The van der Waals surface area contributed by atoms with Crippen molar-refractivity contribution in [3.05, 3.63) is 95.7 Å². The number of fused-ring (bicyclic) bond motifs is 1. The molecule has 4 rings (SSSR count). The molecule has 1 heterocycles. The Morgan fingerprint density at radius 2 is 1.60 bits per heavy atom. The topological polar surface area (TPSA) is 54.6 Å². The monoisotopic (exact) mass is 470 g/mol. The fourth-order valence-corrected chi connectivity index (χ4v) is 4.42. The number of nitrogens with zero attached hydrogens (tertiary/aromatic N) is 1. The molecule has 4 aromatic rings. The molecule has 1 amide bonds. The molecule has 182 valence electrons. The summed E-state index contributed by atoms with van der Waals surface area (Å²) in [6.07, 6.45) is 2.00. The van der Waals surface area contributed by atoms with Crippen molar-refractivity contribution in [2.24, 2.45) is 0 Å². The molecule has 0 bridgehead atoms. The van der Waals surface area contributed by atoms with Gasteiger partial charge in [0.1, 0.15) is 11.5 Å². The Balaban J connectivity index is 1.62. The number of methoxy groups -OCH3 is 1. The van der Waals surface area contributed by atoms with Crippen LogP contribution in [0.4, 0.5) is 0 Å². The quantitative estimate of drug-likeness (QED) is 0.320. The van der Waals surface area contributed by atoms with E-state index in [2.05, 4.69) is 44.0 Å². The number of carbonyl (C=O) groups excluding carboxylic acids is 1. The van der Waals surface area contributed by atoms with Crippen LogP contribution in [0.5, 0.6) is 11.5 Å². The zero-order valence-electron chi connectivity index (χ0n) is 21.2. The standard InChI is InChI=1S/C30H34N2O3/c1-6-32(28(33)20-35-24-17-13-22(14-18-24)30(2,3)4)29(21-11-15-23(34-5)16-12-21)26-19-31-27-10-8-7-9-25(26)27/h7-19,29,31H,6,20H2,1-5H3/t29-/m1/s1. The Bertz CT molecular complexity index is 1270. The molecule has 1 N–H and O–H groups in total. The van der Waals surface area contributed by atoms with Crippen LogP contribution >= 0.6 is 0 Å². The number of para-hydroxylation sites is 1. The van der Waals surface area contributed by atoms with E-state index in [0.717, 1.165) is 27.8 Å². The Kier molecular flexibility index (Phi) is 7.15. The number of amides is 1. The maximum absolute atomic E-state index is 13.5. The van der Waals surface area contributed by atoms with Crippen LogP contribution in [0, 0.1) is 0 Å². The average molecular weight is 471 g/mol. The molecule has 5 heteroatoms. The lowest BCUT2D eigenvalue weighted by molar-refractivity contribution is -0.134. The lowest BCUT2D eigenvalue weighted by atomic mass is 9.87. The van der Waals surface area contributed by atoms with Crippen molar-refractivity contribution < 1.29 is 14.3 Å². The minimum atomic E-state index is -0.263. The molecular weight excluding hydrogens is 436 g/mol. The number of benzene rings is 3. The number of H-pyrrole nitrogens is 1. The van der Waals surface area contributed by atoms with Crippen molar-refractivity contribution in [1.82, 2.24) is 9.88 Å². The molecule has 0 fully saturated rings. The SMILES string of the molecule is CCN(C(=O)COc1ccc(C(C)(C)C)cc1)[C@H](c1ccc(OC)cc1)c1c[nH]c2ccccc12. The summed E-state index contributed by atoms with van der Waals surface area (Å²) >= 11 is 0. The van der Waals surface area contributed by atoms with E-state index < -0.39 is 0 Å². The van der Waals surface area contributed by atoms with Gasteiger partial charge in [-0.3, -0.25) is 4.79 Å². The van der Waals surface area contributed by atoms with Gasteiger partial charge in [-0.05, 0) is 53.8 Å². The van der Waals surface area contributed by atoms with Gasteiger partial charge in [0.2, 0.25) is 0 Å². The molecule has 1 atom stereocenters. The number of aromatic amines is 1. The van der Waals surface area contributed by atoms with Crippen LogP contribution < -0.4 is 9.47 Å². The van der Waals surface area contributed by atoms with Crippen LogP contribution in [-0.2, 0) is 10.2 Å². The highest BCUT2D eigenvalue weighted by Crippen LogP contribution is 2.34. The molecule has 35 heavy (non-hydrogen) atoms. The summed E-state index contributed by atoms with van der Waals surface area (Å²) in [6, 6.07) is 23.8. The lowest BCUT2D eigenvalue weighted by Crippen LogP contribution is -2.38. The number of carbonyl (C=O) groups is 1. The first-order chi connectivity index (χ1) is 16.8. The van der Waals surface area contributed by atoms with E-state index >= 15 is 0 Å². The predicted molar refractivity (Wildman–Crippen MR) is 141 cm³/mol. The number of rotatable bonds is 8. The second kappa shape index (κ2) is 10.3. The summed E-state index contributed by atoms with van der Waals surface area (Å²) in [7, 11) is 1.65. The fraction of sp³-hybridized carbons (Fsp3) is 0.300. The van der Waals surface area contributed by atoms with Gasteiger partial charge in [0.15, 0.2) is 6.61 Å². The number of likely N-dealkylation sites (N-methyl/N-ethyl adjacent to an activating group) is 1. The largest absolute Gasteiger partial charge is 0.497 e. The van der Waals surface area contributed by atoms with Crippen LogP contribution in [0.15, 0.2) is 79.0 Å². The fourth-order valence-electron chi connectivity index (χ4n) is 4.42. The first-order valence-electron chi connectivity index (χ1n) is 12.0. The lowest BCUT2D eigenvalue weighted by Gasteiger charge is -2.31. The van der Waals surface area contributed by atoms with Gasteiger partial charge >= 0.3 is 0 Å². The Hall–Kier alpha value is -3.73. The van der Waals surface area contributed by atoms with Crippen molar-refractivity contribution in [2.45, 2.75) is 39.2 Å². The average Bonchev–Trinajstić information content (AvgIpc) is 3.29. The number of nitrogens with one attached hydrogen (secondary N) is 1. The van der Waals surface area contributed by atoms with Gasteiger partial charge in [0.25, 0.3) is 5.91 Å². The van der Waals surface area contributed by atoms with Gasteiger partial charge in [0.05, 0.1) is 13.2 Å². The Labute approximate surface area is 207 Å². The van der Waals surface area contributed by atoms with Crippen LogP contribution in [0.2, 0.25) is 0 Å². The molecule has 3 aromatic carbocycles. The van der Waals surface area contributed by atoms with Crippen molar-refractivity contribution in [3.8, 4) is 11.5 Å². The maximum atomic E-state index is 13.5. The summed E-state index contributed by atoms with van der Waals surface area (Å²) in [4.78, 5) is 18.7. The summed E-state index contributed by atoms with van der Waals surface area (Å²) in [5, 5.41) is 1.10. The molecule has 0 unspecified atom stereocenters. The van der Waals surface area contributed by atoms with Crippen molar-refractivity contribution in [1.29, 1.82) is 0 Å². The molecule has 0 saturated heterocycles. The molecule has 0 radical (unpaired) electrons. The van der Waals surface area contributed by atoms with Crippen LogP contribution in [0.3, 0.4) is 0 Å². The minimum absolute atomic E-state index is 0.0300. The van der Waals surface area contributed by atoms with Crippen LogP contribution in [0.1, 0.15) is 50.4 Å². The third-order valence-electron chi connectivity index (χ3n) is 6.40. The van der Waals surface area contributed by atoms with Gasteiger partial charge in [-0.15, -0.1) is 0 Å². The van der Waals surface area contributed by atoms with Crippen molar-refractivity contribution in [2.75, 3.05) is 20.3 Å². The number of aromatic nitrogens is 1. The highest BCUT2D eigenvalue weighted by atomic mass is 16.5. The second-order valence-corrected chi connectivity index (χ2v) is 9.71. The van der Waals surface area contributed by atoms with Crippen LogP contribution in [0.25, 0.3) is 10.9 Å². The summed E-state index contributed by atoms with van der Waals surface area (Å²) in [5.74, 6) is 1.40. The van der Waals surface area contributed by atoms with Crippen LogP contribution in [-0.4, -0.2) is 36.1 Å². The molecule has 0 spiro atoms. The number of hydrogen-bond acceptors (Lipinski definition) is 3. The minimum Gasteiger partial charge on any atom is -0.497 e. The molecule has 0 aliphatic rings. The van der Waals surface area contributed by atoms with Gasteiger partial charge < -0.3 is 19.4 Å². The highest BCUT2D eigenvalue weighted by molar-refractivity contribution is 5.86. The first kappa shape index (κ1) is 24.4. The highest BCUT2D eigenvalue weighted by Gasteiger charge is 2.28. The maximum Gasteiger partial charge on any atom is 0.261 e. The normalized spacial score (nSPS) is 12.4. The van der Waals surface area contributed by atoms with Crippen molar-refractivity contribution in [3.63, 3.8) is 0 Å². The first-order valence-corrected chi connectivity index (χ1v) is 12.0. The van der Waals surface area contributed by atoms with Gasteiger partial charge in [-0.1, -0.05) is 63.2 Å². The van der Waals surface area contributed by atoms with Gasteiger partial charge in [-0.25, -0.2) is 0 Å². The van der Waals surface area contributed by atoms with Crippen molar-refractivity contribution >= 4 is 16.8 Å². The second-order valence-electron chi connectivity index (χ2n) is 9.71. The number of hydrogen-bond donors (Lipinski definition) is 1. The third-order valence-corrected chi connectivity index (χ3v) is 6.40. The van der Waals surface area contributed by atoms with E-state index in [0.29, 0.717) is 12.3 Å². The summed E-state index contributed by atoms with van der Waals surface area (Å²) in [6.45, 7) is 9.04. The van der Waals surface area contributed by atoms with E-state index in [1.54, 1.807) is 7.11 Å². The van der Waals surface area contributed by atoms with E-state index in [-0.39, 0.29) is 24.0 Å². The zero-order valence-corrected chi connectivity index (χ0v) is 21.2. The zero-order chi connectivity index (χ0) is 25.0. The number of ether oxygens (including phenoxy) is 2. The molecular formula is C30H34N2O3. The van der Waals surface area contributed by atoms with Gasteiger partial charge in [-0.2, -0.15) is 0 Å². The Morgan fingerprint density at radius 3 is 2.23 bits per heavy atom. The molecule has 1 aromatic heterocycles. The van der Waals surface area contributed by atoms with E-state index in [1.165, 1.54) is 5.56 Å². The van der Waals surface area contributed by atoms with E-state index in [1.807, 2.05) is 72.6 Å². The van der Waals surface area contributed by atoms with E-state index in [9.17, 15) is 4.79 Å². The van der Waals surface area contributed by atoms with E-state index in [4.69, 9.17) is 9.47 Å². The molecule has 0 saturated carbocycles. The molecule has 0 aliphatic heterocycles. The van der Waals surface area contributed by atoms with Gasteiger partial charge in [0, 0.05) is 29.2 Å². The summed E-state index contributed by atoms with van der Waals surface area (Å²) < 4.78 is 11.3. The molecule has 0 aliphatic carbocycles. The third kappa shape index (κ3) is 5.35. The Morgan fingerprint density at radius 1 is 0.943 bits per heavy atom. The predicted octanol–water partition coefficient (Wildman–Crippen LogP) is 6.49. The smallest absolute Gasteiger partial charge is 0.261 e.